The van der Waals surface area contributed by atoms with Gasteiger partial charge >= 0.3 is 0 Å². The van der Waals surface area contributed by atoms with E-state index in [9.17, 15) is 5.26 Å². The Labute approximate surface area is 230 Å². The zero-order valence-electron chi connectivity index (χ0n) is 22.8. The number of benzene rings is 1. The lowest BCUT2D eigenvalue weighted by atomic mass is 10.1. The van der Waals surface area contributed by atoms with Crippen LogP contribution in [0.2, 0.25) is 0 Å². The molecule has 3 aliphatic heterocycles. The number of morpholine rings is 1. The van der Waals surface area contributed by atoms with Crippen LogP contribution in [0.25, 0.3) is 10.9 Å². The number of aromatic nitrogens is 3. The number of nitrogens with two attached hydrogens (primary N) is 1. The number of nitriles is 1. The molecule has 6 rings (SSSR count). The molecule has 3 aromatic rings. The van der Waals surface area contributed by atoms with Gasteiger partial charge in [-0.05, 0) is 44.5 Å². The first-order valence-electron chi connectivity index (χ1n) is 14.0. The number of hydrogen-bond acceptors (Lipinski definition) is 10. The topological polar surface area (TPSA) is 111 Å². The van der Waals surface area contributed by atoms with E-state index in [1.165, 1.54) is 0 Å². The van der Waals surface area contributed by atoms with Gasteiger partial charge in [0.1, 0.15) is 11.9 Å². The van der Waals surface area contributed by atoms with E-state index >= 15 is 0 Å². The second-order valence-electron chi connectivity index (χ2n) is 11.1. The number of ether oxygens (including phenoxy) is 1. The third-order valence-electron chi connectivity index (χ3n) is 8.03. The van der Waals surface area contributed by atoms with E-state index < -0.39 is 0 Å². The molecular weight excluding hydrogens is 490 g/mol. The summed E-state index contributed by atoms with van der Waals surface area (Å²) in [5, 5.41) is 10.6. The number of aryl methyl sites for hydroxylation is 1. The van der Waals surface area contributed by atoms with Gasteiger partial charge in [-0.1, -0.05) is 0 Å². The first-order chi connectivity index (χ1) is 19.0. The summed E-state index contributed by atoms with van der Waals surface area (Å²) in [5.41, 5.74) is 9.61. The molecule has 204 valence electrons. The Morgan fingerprint density at radius 3 is 2.64 bits per heavy atom. The Kier molecular flexibility index (Phi) is 7.21. The molecule has 0 saturated carbocycles. The van der Waals surface area contributed by atoms with Crippen LogP contribution in [0.15, 0.2) is 36.5 Å². The Morgan fingerprint density at radius 1 is 1.03 bits per heavy atom. The van der Waals surface area contributed by atoms with Crippen LogP contribution >= 0.6 is 0 Å². The minimum absolute atomic E-state index is 0.106. The number of fused-ring (bicyclic) bond motifs is 1. The molecule has 0 bridgehead atoms. The van der Waals surface area contributed by atoms with Crippen LogP contribution in [0.3, 0.4) is 0 Å². The number of piperazine rings is 1. The molecule has 0 amide bonds. The second kappa shape index (κ2) is 10.9. The van der Waals surface area contributed by atoms with Crippen molar-refractivity contribution >= 4 is 28.4 Å². The van der Waals surface area contributed by atoms with Crippen molar-refractivity contribution in [3.8, 4) is 6.07 Å². The largest absolute Gasteiger partial charge is 0.370 e. The van der Waals surface area contributed by atoms with Gasteiger partial charge in [0.2, 0.25) is 5.95 Å². The molecule has 3 saturated heterocycles. The van der Waals surface area contributed by atoms with Crippen LogP contribution in [0.5, 0.6) is 0 Å². The zero-order valence-corrected chi connectivity index (χ0v) is 22.8. The minimum atomic E-state index is 0.106. The summed E-state index contributed by atoms with van der Waals surface area (Å²) in [6, 6.07) is 12.5. The average molecular weight is 528 g/mol. The molecule has 0 aliphatic carbocycles. The maximum absolute atomic E-state index is 9.53. The third-order valence-corrected chi connectivity index (χ3v) is 8.03. The Bertz CT molecular complexity index is 1370. The van der Waals surface area contributed by atoms with E-state index in [1.807, 2.05) is 19.1 Å². The lowest BCUT2D eigenvalue weighted by Crippen LogP contribution is -2.54. The van der Waals surface area contributed by atoms with E-state index in [1.54, 1.807) is 6.20 Å². The number of anilines is 3. The maximum Gasteiger partial charge on any atom is 0.227 e. The van der Waals surface area contributed by atoms with Crippen molar-refractivity contribution in [1.82, 2.24) is 19.9 Å². The van der Waals surface area contributed by atoms with Crippen molar-refractivity contribution in [3.05, 3.63) is 47.8 Å². The minimum Gasteiger partial charge on any atom is -0.370 e. The van der Waals surface area contributed by atoms with Crippen molar-refractivity contribution in [3.63, 3.8) is 0 Å². The van der Waals surface area contributed by atoms with Gasteiger partial charge in [-0.25, -0.2) is 4.98 Å². The molecular formula is C29H37N9O. The molecule has 1 aromatic carbocycles. The molecule has 0 spiro atoms. The molecule has 39 heavy (non-hydrogen) atoms. The monoisotopic (exact) mass is 527 g/mol. The van der Waals surface area contributed by atoms with E-state index in [0.717, 1.165) is 99.4 Å². The lowest BCUT2D eigenvalue weighted by molar-refractivity contribution is -0.0327. The molecule has 3 atom stereocenters. The molecule has 3 aliphatic rings. The summed E-state index contributed by atoms with van der Waals surface area (Å²) in [7, 11) is 0. The van der Waals surface area contributed by atoms with Crippen LogP contribution < -0.4 is 20.4 Å². The van der Waals surface area contributed by atoms with Crippen molar-refractivity contribution in [2.45, 2.75) is 38.5 Å². The first-order valence-corrected chi connectivity index (χ1v) is 14.0. The fourth-order valence-corrected chi connectivity index (χ4v) is 6.12. The van der Waals surface area contributed by atoms with Crippen LogP contribution in [0, 0.1) is 18.3 Å². The molecule has 3 fully saturated rings. The highest BCUT2D eigenvalue weighted by Gasteiger charge is 2.30. The fourth-order valence-electron chi connectivity index (χ4n) is 6.12. The Hall–Kier alpha value is -3.52. The van der Waals surface area contributed by atoms with Crippen LogP contribution in [0.1, 0.15) is 24.6 Å². The smallest absolute Gasteiger partial charge is 0.227 e. The highest BCUT2D eigenvalue weighted by atomic mass is 16.5. The molecule has 10 nitrogen and oxygen atoms in total. The maximum atomic E-state index is 9.53. The van der Waals surface area contributed by atoms with Crippen LogP contribution in [-0.2, 0) is 4.74 Å². The SMILES string of the molecule is Cc1cc(N2CCN(C[C@H]3CN(c4ccc(C#N)c5ncccc45)C[C@@H](C)O3)CC2)nc(N2CC[C@H](N)C2)n1. The first kappa shape index (κ1) is 25.7. The number of nitrogens with zero attached hydrogens (tertiary/aromatic N) is 8. The van der Waals surface area contributed by atoms with Crippen molar-refractivity contribution in [2.75, 3.05) is 73.6 Å². The van der Waals surface area contributed by atoms with Gasteiger partial charge in [-0.15, -0.1) is 0 Å². The van der Waals surface area contributed by atoms with Gasteiger partial charge in [0.05, 0.1) is 23.3 Å². The summed E-state index contributed by atoms with van der Waals surface area (Å²) in [4.78, 5) is 23.6. The number of rotatable bonds is 5. The highest BCUT2D eigenvalue weighted by molar-refractivity contribution is 5.95. The molecule has 0 unspecified atom stereocenters. The van der Waals surface area contributed by atoms with Gasteiger partial charge in [-0.2, -0.15) is 10.2 Å². The normalized spacial score (nSPS) is 24.4. The van der Waals surface area contributed by atoms with Gasteiger partial charge < -0.3 is 25.2 Å². The Balaban J connectivity index is 1.10. The predicted octanol–water partition coefficient (Wildman–Crippen LogP) is 2.16. The zero-order chi connectivity index (χ0) is 26.9. The average Bonchev–Trinajstić information content (AvgIpc) is 3.38. The number of hydrogen-bond donors (Lipinski definition) is 1. The third kappa shape index (κ3) is 5.48. The van der Waals surface area contributed by atoms with Crippen LogP contribution in [-0.4, -0.2) is 97.0 Å². The second-order valence-corrected chi connectivity index (χ2v) is 11.1. The van der Waals surface area contributed by atoms with Crippen molar-refractivity contribution in [2.24, 2.45) is 5.73 Å². The molecule has 0 radical (unpaired) electrons. The Morgan fingerprint density at radius 2 is 1.87 bits per heavy atom. The summed E-state index contributed by atoms with van der Waals surface area (Å²) in [5.74, 6) is 1.81. The van der Waals surface area contributed by atoms with E-state index in [0.29, 0.717) is 5.56 Å². The van der Waals surface area contributed by atoms with Crippen molar-refractivity contribution < 1.29 is 4.74 Å². The summed E-state index contributed by atoms with van der Waals surface area (Å²) in [6.07, 6.45) is 2.97. The number of pyridine rings is 1. The summed E-state index contributed by atoms with van der Waals surface area (Å²) < 4.78 is 6.41. The molecule has 10 heteroatoms. The van der Waals surface area contributed by atoms with Gasteiger partial charge in [0.15, 0.2) is 0 Å². The standard InChI is InChI=1S/C29H37N9O/c1-20-14-27(34-29(33-20)37-9-7-23(31)17-37)36-12-10-35(11-13-36)18-24-19-38(16-21(2)39-24)26-6-5-22(15-30)28-25(26)4-3-8-32-28/h3-6,8,14,21,23-24H,7,9-13,16-19,31H2,1-2H3/t21-,23+,24+/m1/s1. The molecule has 2 N–H and O–H groups in total. The van der Waals surface area contributed by atoms with E-state index in [4.69, 9.17) is 15.5 Å². The van der Waals surface area contributed by atoms with Crippen LogP contribution in [0.4, 0.5) is 17.5 Å². The quantitative estimate of drug-likeness (QED) is 0.530. The lowest BCUT2D eigenvalue weighted by Gasteiger charge is -2.42. The van der Waals surface area contributed by atoms with E-state index in [-0.39, 0.29) is 18.2 Å². The van der Waals surface area contributed by atoms with Gasteiger partial charge in [-0.3, -0.25) is 9.88 Å². The fraction of sp³-hybridized carbons (Fsp3) is 0.517. The molecule has 5 heterocycles. The summed E-state index contributed by atoms with van der Waals surface area (Å²) >= 11 is 0. The van der Waals surface area contributed by atoms with Gasteiger partial charge in [0, 0.05) is 94.0 Å². The predicted molar refractivity (Wildman–Crippen MR) is 153 cm³/mol. The molecule has 2 aromatic heterocycles. The highest BCUT2D eigenvalue weighted by Crippen LogP contribution is 2.30. The van der Waals surface area contributed by atoms with Gasteiger partial charge in [0.25, 0.3) is 0 Å². The van der Waals surface area contributed by atoms with Crippen molar-refractivity contribution in [1.29, 1.82) is 5.26 Å². The summed E-state index contributed by atoms with van der Waals surface area (Å²) in [6.45, 7) is 12.2. The van der Waals surface area contributed by atoms with E-state index in [2.05, 4.69) is 60.8 Å².